The van der Waals surface area contributed by atoms with E-state index >= 15 is 0 Å². The van der Waals surface area contributed by atoms with Crippen LogP contribution in [0.15, 0.2) is 36.4 Å². The number of benzene rings is 2. The number of thiazole rings is 1. The molecule has 3 rings (SSSR count). The highest BCUT2D eigenvalue weighted by atomic mass is 32.1. The van der Waals surface area contributed by atoms with Gasteiger partial charge in [-0.25, -0.2) is 4.98 Å². The smallest absolute Gasteiger partial charge is 0.257 e. The molecule has 0 spiro atoms. The molecular formula is C20H22N2O4S. The van der Waals surface area contributed by atoms with Gasteiger partial charge in [0, 0.05) is 11.6 Å². The van der Waals surface area contributed by atoms with E-state index in [2.05, 4.69) is 17.2 Å². The molecule has 0 bridgehead atoms. The Morgan fingerprint density at radius 2 is 1.89 bits per heavy atom. The highest BCUT2D eigenvalue weighted by Crippen LogP contribution is 2.36. The van der Waals surface area contributed by atoms with Crippen LogP contribution in [-0.4, -0.2) is 31.7 Å². The Hall–Kier alpha value is -2.80. The number of nitrogens with one attached hydrogen (secondary N) is 1. The molecule has 0 aliphatic rings. The second kappa shape index (κ2) is 8.73. The van der Waals surface area contributed by atoms with Crippen molar-refractivity contribution in [3.8, 4) is 17.2 Å². The van der Waals surface area contributed by atoms with Crippen molar-refractivity contribution in [3.05, 3.63) is 42.0 Å². The lowest BCUT2D eigenvalue weighted by Crippen LogP contribution is -2.11. The maximum absolute atomic E-state index is 12.5. The summed E-state index contributed by atoms with van der Waals surface area (Å²) in [5, 5.41) is 3.34. The Morgan fingerprint density at radius 3 is 2.56 bits per heavy atom. The third-order valence-electron chi connectivity index (χ3n) is 3.99. The van der Waals surface area contributed by atoms with Gasteiger partial charge in [-0.1, -0.05) is 24.7 Å². The SMILES string of the molecule is CCCCOc1ccc(C(=O)Nc2nc3c(OC)cc(OC)cc3s2)cc1. The van der Waals surface area contributed by atoms with E-state index in [4.69, 9.17) is 14.2 Å². The Balaban J connectivity index is 1.73. The molecule has 2 aromatic carbocycles. The fourth-order valence-corrected chi connectivity index (χ4v) is 3.41. The summed E-state index contributed by atoms with van der Waals surface area (Å²) >= 11 is 1.37. The second-order valence-corrected chi connectivity index (χ2v) is 6.91. The summed E-state index contributed by atoms with van der Waals surface area (Å²) < 4.78 is 17.1. The first-order valence-corrected chi connectivity index (χ1v) is 9.53. The van der Waals surface area contributed by atoms with Crippen molar-refractivity contribution in [2.45, 2.75) is 19.8 Å². The molecular weight excluding hydrogens is 364 g/mol. The van der Waals surface area contributed by atoms with Gasteiger partial charge < -0.3 is 14.2 Å². The van der Waals surface area contributed by atoms with Crippen LogP contribution < -0.4 is 19.5 Å². The molecule has 1 aromatic heterocycles. The average Bonchev–Trinajstić information content (AvgIpc) is 3.10. The van der Waals surface area contributed by atoms with Gasteiger partial charge in [0.15, 0.2) is 5.13 Å². The summed E-state index contributed by atoms with van der Waals surface area (Å²) in [5.41, 5.74) is 1.24. The number of nitrogens with zero attached hydrogens (tertiary/aromatic N) is 1. The molecule has 0 radical (unpaired) electrons. The Kier molecular flexibility index (Phi) is 6.13. The van der Waals surface area contributed by atoms with Gasteiger partial charge in [0.05, 0.1) is 25.5 Å². The van der Waals surface area contributed by atoms with E-state index in [0.29, 0.717) is 34.3 Å². The molecule has 1 heterocycles. The highest BCUT2D eigenvalue weighted by molar-refractivity contribution is 7.22. The number of carbonyl (C=O) groups is 1. The minimum Gasteiger partial charge on any atom is -0.497 e. The standard InChI is InChI=1S/C20H22N2O4S/c1-4-5-10-26-14-8-6-13(7-9-14)19(23)22-20-21-18-16(25-3)11-15(24-2)12-17(18)27-20/h6-9,11-12H,4-5,10H2,1-3H3,(H,21,22,23). The maximum atomic E-state index is 12.5. The van der Waals surface area contributed by atoms with Gasteiger partial charge in [0.1, 0.15) is 22.8 Å². The Bertz CT molecular complexity index is 922. The predicted octanol–water partition coefficient (Wildman–Crippen LogP) is 4.74. The van der Waals surface area contributed by atoms with E-state index < -0.39 is 0 Å². The van der Waals surface area contributed by atoms with Gasteiger partial charge in [-0.3, -0.25) is 10.1 Å². The van der Waals surface area contributed by atoms with E-state index in [1.54, 1.807) is 44.6 Å². The van der Waals surface area contributed by atoms with Crippen LogP contribution in [0, 0.1) is 0 Å². The zero-order valence-electron chi connectivity index (χ0n) is 15.6. The van der Waals surface area contributed by atoms with Crippen molar-refractivity contribution < 1.29 is 19.0 Å². The minimum atomic E-state index is -0.222. The number of fused-ring (bicyclic) bond motifs is 1. The van der Waals surface area contributed by atoms with Crippen molar-refractivity contribution in [1.29, 1.82) is 0 Å². The maximum Gasteiger partial charge on any atom is 0.257 e. The number of ether oxygens (including phenoxy) is 3. The summed E-state index contributed by atoms with van der Waals surface area (Å²) in [5.74, 6) is 1.83. The van der Waals surface area contributed by atoms with Crippen molar-refractivity contribution in [3.63, 3.8) is 0 Å². The van der Waals surface area contributed by atoms with Crippen molar-refractivity contribution in [1.82, 2.24) is 4.98 Å². The molecule has 0 saturated heterocycles. The first kappa shape index (κ1) is 19.0. The molecule has 0 aliphatic heterocycles. The molecule has 142 valence electrons. The van der Waals surface area contributed by atoms with Crippen LogP contribution in [0.1, 0.15) is 30.1 Å². The van der Waals surface area contributed by atoms with Crippen LogP contribution >= 0.6 is 11.3 Å². The lowest BCUT2D eigenvalue weighted by molar-refractivity contribution is 0.102. The monoisotopic (exact) mass is 386 g/mol. The van der Waals surface area contributed by atoms with Crippen molar-refractivity contribution in [2.24, 2.45) is 0 Å². The molecule has 0 saturated carbocycles. The van der Waals surface area contributed by atoms with Crippen LogP contribution in [-0.2, 0) is 0 Å². The zero-order valence-corrected chi connectivity index (χ0v) is 16.4. The number of hydrogen-bond donors (Lipinski definition) is 1. The Morgan fingerprint density at radius 1 is 1.11 bits per heavy atom. The van der Waals surface area contributed by atoms with Crippen molar-refractivity contribution >= 4 is 32.6 Å². The normalized spacial score (nSPS) is 10.6. The number of methoxy groups -OCH3 is 2. The van der Waals surface area contributed by atoms with Crippen molar-refractivity contribution in [2.75, 3.05) is 26.1 Å². The number of amides is 1. The van der Waals surface area contributed by atoms with E-state index in [0.717, 1.165) is 23.3 Å². The topological polar surface area (TPSA) is 69.7 Å². The van der Waals surface area contributed by atoms with E-state index in [1.165, 1.54) is 11.3 Å². The largest absolute Gasteiger partial charge is 0.497 e. The molecule has 0 atom stereocenters. The second-order valence-electron chi connectivity index (χ2n) is 5.88. The quantitative estimate of drug-likeness (QED) is 0.566. The number of unbranched alkanes of at least 4 members (excludes halogenated alkanes) is 1. The number of carbonyl (C=O) groups excluding carboxylic acids is 1. The third-order valence-corrected chi connectivity index (χ3v) is 4.91. The molecule has 27 heavy (non-hydrogen) atoms. The van der Waals surface area contributed by atoms with Crippen LogP contribution in [0.5, 0.6) is 17.2 Å². The summed E-state index contributed by atoms with van der Waals surface area (Å²) in [7, 11) is 3.18. The van der Waals surface area contributed by atoms with Gasteiger partial charge in [0.2, 0.25) is 0 Å². The van der Waals surface area contributed by atoms with Crippen LogP contribution in [0.3, 0.4) is 0 Å². The van der Waals surface area contributed by atoms with E-state index in [1.807, 2.05) is 6.07 Å². The summed E-state index contributed by atoms with van der Waals surface area (Å²) in [6.45, 7) is 2.80. The fraction of sp³-hybridized carbons (Fsp3) is 0.300. The minimum absolute atomic E-state index is 0.222. The fourth-order valence-electron chi connectivity index (χ4n) is 2.51. The van der Waals surface area contributed by atoms with Gasteiger partial charge in [-0.2, -0.15) is 0 Å². The van der Waals surface area contributed by atoms with E-state index in [9.17, 15) is 4.79 Å². The molecule has 0 fully saturated rings. The molecule has 0 aliphatic carbocycles. The predicted molar refractivity (Wildman–Crippen MR) is 108 cm³/mol. The van der Waals surface area contributed by atoms with Gasteiger partial charge in [0.25, 0.3) is 5.91 Å². The number of hydrogen-bond acceptors (Lipinski definition) is 6. The number of anilines is 1. The van der Waals surface area contributed by atoms with Crippen LogP contribution in [0.2, 0.25) is 0 Å². The highest BCUT2D eigenvalue weighted by Gasteiger charge is 2.14. The summed E-state index contributed by atoms with van der Waals surface area (Å²) in [4.78, 5) is 17.0. The summed E-state index contributed by atoms with van der Waals surface area (Å²) in [6, 6.07) is 10.7. The third kappa shape index (κ3) is 4.49. The van der Waals surface area contributed by atoms with Crippen LogP contribution in [0.4, 0.5) is 5.13 Å². The molecule has 0 unspecified atom stereocenters. The number of aromatic nitrogens is 1. The first-order chi connectivity index (χ1) is 13.1. The molecule has 6 nitrogen and oxygen atoms in total. The molecule has 3 aromatic rings. The Labute approximate surface area is 162 Å². The van der Waals surface area contributed by atoms with Gasteiger partial charge >= 0.3 is 0 Å². The van der Waals surface area contributed by atoms with Gasteiger partial charge in [-0.05, 0) is 36.8 Å². The lowest BCUT2D eigenvalue weighted by Gasteiger charge is -2.06. The van der Waals surface area contributed by atoms with Gasteiger partial charge in [-0.15, -0.1) is 0 Å². The molecule has 1 amide bonds. The first-order valence-electron chi connectivity index (χ1n) is 8.71. The molecule has 1 N–H and O–H groups in total. The lowest BCUT2D eigenvalue weighted by atomic mass is 10.2. The molecule has 7 heteroatoms. The van der Waals surface area contributed by atoms with E-state index in [-0.39, 0.29) is 5.91 Å². The summed E-state index contributed by atoms with van der Waals surface area (Å²) in [6.07, 6.45) is 2.09. The van der Waals surface area contributed by atoms with Crippen LogP contribution in [0.25, 0.3) is 10.2 Å². The number of rotatable bonds is 8. The average molecular weight is 386 g/mol. The zero-order chi connectivity index (χ0) is 19.2.